The number of carbonyl (C=O) groups excluding carboxylic acids is 1. The number of allylic oxidation sites excluding steroid dienone is 2. The van der Waals surface area contributed by atoms with E-state index >= 15 is 0 Å². The minimum atomic E-state index is 0.343. The SMILES string of the molecule is O=C1CCCN1[C@H]1CC[C@@H](NC2=CC3=CC(c4ccn5nccc5n4)=NCC3=N2)CC1. The van der Waals surface area contributed by atoms with E-state index in [1.807, 2.05) is 18.3 Å². The van der Waals surface area contributed by atoms with Crippen molar-refractivity contribution in [1.82, 2.24) is 24.8 Å². The maximum Gasteiger partial charge on any atom is 0.222 e. The standard InChI is InChI=1S/C23H25N7O/c31-23-2-1-10-29(23)17-5-3-16(4-6-17)26-21-13-15-12-19(24-14-20(15)27-21)18-8-11-30-22(28-18)7-9-25-30/h7-9,11-13,16-17,26H,1-6,10,14H2/t16-,17+. The summed E-state index contributed by atoms with van der Waals surface area (Å²) in [6, 6.07) is 4.67. The number of dihydropyridines is 1. The number of hydrogen-bond acceptors (Lipinski definition) is 6. The topological polar surface area (TPSA) is 87.2 Å². The van der Waals surface area contributed by atoms with Gasteiger partial charge in [0.05, 0.1) is 29.9 Å². The average Bonchev–Trinajstić information content (AvgIpc) is 3.52. The molecule has 8 nitrogen and oxygen atoms in total. The van der Waals surface area contributed by atoms with Crippen LogP contribution in [0.4, 0.5) is 0 Å². The maximum absolute atomic E-state index is 12.0. The molecule has 8 heteroatoms. The summed E-state index contributed by atoms with van der Waals surface area (Å²) in [6.45, 7) is 1.51. The largest absolute Gasteiger partial charge is 0.367 e. The van der Waals surface area contributed by atoms with Crippen molar-refractivity contribution in [3.05, 3.63) is 53.8 Å². The van der Waals surface area contributed by atoms with Crippen molar-refractivity contribution < 1.29 is 4.79 Å². The molecule has 5 heterocycles. The van der Waals surface area contributed by atoms with Gasteiger partial charge >= 0.3 is 0 Å². The summed E-state index contributed by atoms with van der Waals surface area (Å²) < 4.78 is 1.75. The maximum atomic E-state index is 12.0. The number of fused-ring (bicyclic) bond motifs is 2. The van der Waals surface area contributed by atoms with E-state index in [1.54, 1.807) is 10.7 Å². The zero-order valence-electron chi connectivity index (χ0n) is 17.4. The van der Waals surface area contributed by atoms with Gasteiger partial charge in [-0.1, -0.05) is 0 Å². The van der Waals surface area contributed by atoms with E-state index in [-0.39, 0.29) is 0 Å². The van der Waals surface area contributed by atoms with Gasteiger partial charge in [0.25, 0.3) is 0 Å². The number of aliphatic imine (C=N–C) groups is 2. The molecule has 2 fully saturated rings. The van der Waals surface area contributed by atoms with E-state index < -0.39 is 0 Å². The van der Waals surface area contributed by atoms with Crippen LogP contribution in [0.15, 0.2) is 58.1 Å². The Hall–Kier alpha value is -3.29. The lowest BCUT2D eigenvalue weighted by Gasteiger charge is -2.35. The smallest absolute Gasteiger partial charge is 0.222 e. The van der Waals surface area contributed by atoms with Gasteiger partial charge in [-0.3, -0.25) is 9.79 Å². The van der Waals surface area contributed by atoms with Crippen LogP contribution in [0.2, 0.25) is 0 Å². The molecule has 158 valence electrons. The Morgan fingerprint density at radius 1 is 1.10 bits per heavy atom. The molecule has 0 unspecified atom stereocenters. The second-order valence-corrected chi connectivity index (χ2v) is 8.68. The van der Waals surface area contributed by atoms with Crippen molar-refractivity contribution in [2.45, 2.75) is 50.6 Å². The molecular weight excluding hydrogens is 390 g/mol. The number of hydrogen-bond donors (Lipinski definition) is 1. The first-order valence-electron chi connectivity index (χ1n) is 11.2. The van der Waals surface area contributed by atoms with Gasteiger partial charge in [0, 0.05) is 42.9 Å². The van der Waals surface area contributed by atoms with Crippen molar-refractivity contribution >= 4 is 23.0 Å². The predicted molar refractivity (Wildman–Crippen MR) is 118 cm³/mol. The van der Waals surface area contributed by atoms with E-state index in [4.69, 9.17) is 9.98 Å². The fourth-order valence-corrected chi connectivity index (χ4v) is 5.06. The van der Waals surface area contributed by atoms with E-state index in [0.29, 0.717) is 24.5 Å². The molecule has 1 saturated heterocycles. The average molecular weight is 416 g/mol. The fraction of sp³-hybridized carbons (Fsp3) is 0.435. The lowest BCUT2D eigenvalue weighted by Crippen LogP contribution is -2.42. The summed E-state index contributed by atoms with van der Waals surface area (Å²) in [5.41, 5.74) is 4.66. The summed E-state index contributed by atoms with van der Waals surface area (Å²) in [5, 5.41) is 7.82. The number of likely N-dealkylation sites (tertiary alicyclic amines) is 1. The molecule has 0 aromatic carbocycles. The summed E-state index contributed by atoms with van der Waals surface area (Å²) >= 11 is 0. The fourth-order valence-electron chi connectivity index (χ4n) is 5.06. The van der Waals surface area contributed by atoms with Crippen LogP contribution in [0.5, 0.6) is 0 Å². The highest BCUT2D eigenvalue weighted by Crippen LogP contribution is 2.28. The minimum absolute atomic E-state index is 0.343. The number of nitrogens with one attached hydrogen (secondary N) is 1. The monoisotopic (exact) mass is 415 g/mol. The molecule has 1 N–H and O–H groups in total. The molecule has 1 saturated carbocycles. The van der Waals surface area contributed by atoms with Crippen LogP contribution in [0.1, 0.15) is 44.2 Å². The highest BCUT2D eigenvalue weighted by atomic mass is 16.2. The van der Waals surface area contributed by atoms with Gasteiger partial charge in [-0.25, -0.2) is 14.5 Å². The Bertz CT molecular complexity index is 1160. The summed E-state index contributed by atoms with van der Waals surface area (Å²) in [4.78, 5) is 28.2. The van der Waals surface area contributed by atoms with Gasteiger partial charge < -0.3 is 10.2 Å². The van der Waals surface area contributed by atoms with Crippen LogP contribution in [0, 0.1) is 0 Å². The first-order valence-corrected chi connectivity index (χ1v) is 11.2. The number of nitrogens with zero attached hydrogens (tertiary/aromatic N) is 6. The van der Waals surface area contributed by atoms with Crippen LogP contribution >= 0.6 is 0 Å². The normalized spacial score (nSPS) is 25.8. The number of carbonyl (C=O) groups is 1. The number of aromatic nitrogens is 3. The Morgan fingerprint density at radius 3 is 2.84 bits per heavy atom. The Kier molecular flexibility index (Phi) is 4.44. The molecule has 0 bridgehead atoms. The molecule has 1 amide bonds. The highest BCUT2D eigenvalue weighted by Gasteiger charge is 2.32. The molecule has 4 aliphatic rings. The minimum Gasteiger partial charge on any atom is -0.367 e. The van der Waals surface area contributed by atoms with E-state index in [9.17, 15) is 4.79 Å². The van der Waals surface area contributed by atoms with Gasteiger partial charge in [0.15, 0.2) is 5.65 Å². The predicted octanol–water partition coefficient (Wildman–Crippen LogP) is 2.28. The molecule has 3 aliphatic heterocycles. The first kappa shape index (κ1) is 18.5. The Labute approximate surface area is 180 Å². The van der Waals surface area contributed by atoms with Crippen LogP contribution in [0.25, 0.3) is 5.65 Å². The molecule has 6 rings (SSSR count). The van der Waals surface area contributed by atoms with Crippen molar-refractivity contribution in [1.29, 1.82) is 0 Å². The molecular formula is C23H25N7O. The van der Waals surface area contributed by atoms with E-state index in [1.165, 1.54) is 0 Å². The molecule has 1 aliphatic carbocycles. The molecule has 2 aromatic heterocycles. The number of amides is 1. The van der Waals surface area contributed by atoms with Gasteiger partial charge in [-0.15, -0.1) is 0 Å². The summed E-state index contributed by atoms with van der Waals surface area (Å²) in [6.07, 6.45) is 13.9. The zero-order chi connectivity index (χ0) is 20.8. The van der Waals surface area contributed by atoms with E-state index in [2.05, 4.69) is 32.5 Å². The lowest BCUT2D eigenvalue weighted by molar-refractivity contribution is -0.130. The molecule has 0 atom stereocenters. The van der Waals surface area contributed by atoms with Gasteiger partial charge in [-0.05, 0) is 50.3 Å². The van der Waals surface area contributed by atoms with Crippen molar-refractivity contribution in [3.63, 3.8) is 0 Å². The molecule has 31 heavy (non-hydrogen) atoms. The highest BCUT2D eigenvalue weighted by molar-refractivity contribution is 6.19. The molecule has 0 spiro atoms. The second-order valence-electron chi connectivity index (χ2n) is 8.68. The third-order valence-electron chi connectivity index (χ3n) is 6.69. The molecule has 0 radical (unpaired) electrons. The summed E-state index contributed by atoms with van der Waals surface area (Å²) in [5.74, 6) is 1.27. The van der Waals surface area contributed by atoms with Crippen molar-refractivity contribution in [2.24, 2.45) is 9.98 Å². The van der Waals surface area contributed by atoms with Crippen LogP contribution in [0.3, 0.4) is 0 Å². The number of rotatable bonds is 4. The van der Waals surface area contributed by atoms with Crippen LogP contribution in [-0.4, -0.2) is 62.0 Å². The molecule has 2 aromatic rings. The third kappa shape index (κ3) is 3.45. The zero-order valence-corrected chi connectivity index (χ0v) is 17.4. The summed E-state index contributed by atoms with van der Waals surface area (Å²) in [7, 11) is 0. The van der Waals surface area contributed by atoms with E-state index in [0.717, 1.165) is 79.2 Å². The van der Waals surface area contributed by atoms with Crippen molar-refractivity contribution in [3.8, 4) is 0 Å². The van der Waals surface area contributed by atoms with Gasteiger partial charge in [-0.2, -0.15) is 5.10 Å². The Morgan fingerprint density at radius 2 is 2.00 bits per heavy atom. The third-order valence-corrected chi connectivity index (χ3v) is 6.69. The lowest BCUT2D eigenvalue weighted by atomic mass is 9.90. The van der Waals surface area contributed by atoms with Gasteiger partial charge in [0.1, 0.15) is 5.82 Å². The first-order chi connectivity index (χ1) is 15.2. The van der Waals surface area contributed by atoms with Crippen LogP contribution in [-0.2, 0) is 4.79 Å². The van der Waals surface area contributed by atoms with Crippen molar-refractivity contribution in [2.75, 3.05) is 13.1 Å². The Balaban J connectivity index is 1.11. The quantitative estimate of drug-likeness (QED) is 0.830. The van der Waals surface area contributed by atoms with Crippen LogP contribution < -0.4 is 5.32 Å². The van der Waals surface area contributed by atoms with Gasteiger partial charge in [0.2, 0.25) is 5.91 Å². The second kappa shape index (κ2) is 7.44.